The van der Waals surface area contributed by atoms with Crippen LogP contribution in [0.1, 0.15) is 37.3 Å². The monoisotopic (exact) mass is 314 g/mol. The van der Waals surface area contributed by atoms with E-state index in [-0.39, 0.29) is 6.10 Å². The first-order valence-electron chi connectivity index (χ1n) is 8.36. The van der Waals surface area contributed by atoms with Crippen molar-refractivity contribution in [3.05, 3.63) is 36.4 Å². The average molecular weight is 314 g/mol. The van der Waals surface area contributed by atoms with Crippen LogP contribution >= 0.6 is 0 Å². The molecular formula is C16H22N6O. The van der Waals surface area contributed by atoms with Gasteiger partial charge in [-0.05, 0) is 31.8 Å². The van der Waals surface area contributed by atoms with E-state index in [1.54, 1.807) is 6.26 Å². The van der Waals surface area contributed by atoms with Crippen LogP contribution in [0.15, 0.2) is 24.7 Å². The number of anilines is 1. The molecule has 1 N–H and O–H groups in total. The molecule has 4 rings (SSSR count). The molecule has 7 nitrogen and oxygen atoms in total. The summed E-state index contributed by atoms with van der Waals surface area (Å²) >= 11 is 0. The van der Waals surface area contributed by atoms with Gasteiger partial charge in [-0.1, -0.05) is 0 Å². The lowest BCUT2D eigenvalue weighted by atomic mass is 10.1. The van der Waals surface area contributed by atoms with E-state index in [9.17, 15) is 0 Å². The van der Waals surface area contributed by atoms with Crippen molar-refractivity contribution in [2.45, 2.75) is 51.3 Å². The predicted octanol–water partition coefficient (Wildman–Crippen LogP) is 1.96. The van der Waals surface area contributed by atoms with Crippen molar-refractivity contribution in [2.24, 2.45) is 0 Å². The fraction of sp³-hybridized carbons (Fsp3) is 0.562. The highest BCUT2D eigenvalue weighted by atomic mass is 16.5. The second-order valence-electron chi connectivity index (χ2n) is 6.16. The number of hydrogen-bond acceptors (Lipinski definition) is 5. The molecule has 0 saturated heterocycles. The highest BCUT2D eigenvalue weighted by Crippen LogP contribution is 2.16. The topological polar surface area (TPSA) is 69.8 Å². The minimum Gasteiger partial charge on any atom is -0.497 e. The molecule has 1 atom stereocenters. The molecule has 2 aromatic rings. The van der Waals surface area contributed by atoms with Crippen molar-refractivity contribution in [1.29, 1.82) is 0 Å². The Balaban J connectivity index is 1.36. The van der Waals surface area contributed by atoms with E-state index in [2.05, 4.69) is 31.3 Å². The van der Waals surface area contributed by atoms with Crippen LogP contribution in [-0.4, -0.2) is 37.2 Å². The van der Waals surface area contributed by atoms with Gasteiger partial charge in [-0.25, -0.2) is 0 Å². The first-order valence-corrected chi connectivity index (χ1v) is 8.36. The van der Waals surface area contributed by atoms with Crippen LogP contribution in [0.3, 0.4) is 0 Å². The van der Waals surface area contributed by atoms with Crippen LogP contribution in [0, 0.1) is 0 Å². The van der Waals surface area contributed by atoms with Gasteiger partial charge in [-0.2, -0.15) is 5.10 Å². The number of aryl methyl sites for hydroxylation is 1. The van der Waals surface area contributed by atoms with Crippen LogP contribution < -0.4 is 5.32 Å². The maximum atomic E-state index is 5.56. The molecule has 0 unspecified atom stereocenters. The van der Waals surface area contributed by atoms with E-state index >= 15 is 0 Å². The van der Waals surface area contributed by atoms with Crippen molar-refractivity contribution < 1.29 is 4.74 Å². The molecule has 23 heavy (non-hydrogen) atoms. The van der Waals surface area contributed by atoms with Crippen LogP contribution in [-0.2, 0) is 24.2 Å². The zero-order valence-corrected chi connectivity index (χ0v) is 13.2. The van der Waals surface area contributed by atoms with E-state index < -0.39 is 0 Å². The van der Waals surface area contributed by atoms with Crippen LogP contribution in [0.25, 0.3) is 0 Å². The van der Waals surface area contributed by atoms with Gasteiger partial charge in [0.15, 0.2) is 5.82 Å². The summed E-state index contributed by atoms with van der Waals surface area (Å²) in [6.07, 6.45) is 13.6. The normalized spacial score (nSPS) is 20.1. The van der Waals surface area contributed by atoms with E-state index in [0.717, 1.165) is 49.7 Å². The Bertz CT molecular complexity index is 689. The fourth-order valence-electron chi connectivity index (χ4n) is 3.14. The summed E-state index contributed by atoms with van der Waals surface area (Å²) in [5, 5.41) is 16.4. The number of allylic oxidation sites excluding steroid dienone is 1. The van der Waals surface area contributed by atoms with Crippen LogP contribution in [0.2, 0.25) is 0 Å². The standard InChI is InChI=1S/C16H22N6O/c1-3-7-22-15(6-1)19-20-16(22)12-21-11-13(9-18-21)17-10-14-5-2-4-8-23-14/h4,8-9,11,14,17H,1-3,5-7,10,12H2/t14-/m1/s1. The number of aromatic nitrogens is 5. The second-order valence-corrected chi connectivity index (χ2v) is 6.16. The summed E-state index contributed by atoms with van der Waals surface area (Å²) in [7, 11) is 0. The molecule has 0 spiro atoms. The maximum absolute atomic E-state index is 5.56. The molecule has 2 aliphatic heterocycles. The first kappa shape index (κ1) is 14.3. The van der Waals surface area contributed by atoms with Gasteiger partial charge >= 0.3 is 0 Å². The Morgan fingerprint density at radius 1 is 1.30 bits per heavy atom. The molecular weight excluding hydrogens is 292 g/mol. The summed E-state index contributed by atoms with van der Waals surface area (Å²) in [6.45, 7) is 2.49. The van der Waals surface area contributed by atoms with E-state index in [4.69, 9.17) is 4.74 Å². The van der Waals surface area contributed by atoms with Crippen LogP contribution in [0.5, 0.6) is 0 Å². The lowest BCUT2D eigenvalue weighted by molar-refractivity contribution is 0.135. The molecule has 2 aliphatic rings. The summed E-state index contributed by atoms with van der Waals surface area (Å²) in [5.74, 6) is 2.11. The van der Waals surface area contributed by atoms with Gasteiger partial charge in [0.2, 0.25) is 0 Å². The van der Waals surface area contributed by atoms with Crippen molar-refractivity contribution >= 4 is 5.69 Å². The van der Waals surface area contributed by atoms with Crippen molar-refractivity contribution in [1.82, 2.24) is 24.5 Å². The Morgan fingerprint density at radius 2 is 2.30 bits per heavy atom. The number of nitrogens with zero attached hydrogens (tertiary/aromatic N) is 5. The Kier molecular flexibility index (Phi) is 4.00. The number of nitrogens with one attached hydrogen (secondary N) is 1. The van der Waals surface area contributed by atoms with E-state index in [0.29, 0.717) is 6.54 Å². The fourth-order valence-corrected chi connectivity index (χ4v) is 3.14. The lowest BCUT2D eigenvalue weighted by Crippen LogP contribution is -2.22. The third-order valence-electron chi connectivity index (χ3n) is 4.43. The zero-order valence-electron chi connectivity index (χ0n) is 13.2. The molecule has 122 valence electrons. The van der Waals surface area contributed by atoms with Gasteiger partial charge in [-0.15, -0.1) is 10.2 Å². The molecule has 4 heterocycles. The molecule has 0 fully saturated rings. The number of fused-ring (bicyclic) bond motifs is 1. The van der Waals surface area contributed by atoms with Crippen LogP contribution in [0.4, 0.5) is 5.69 Å². The molecule has 7 heteroatoms. The van der Waals surface area contributed by atoms with Crippen molar-refractivity contribution in [3.8, 4) is 0 Å². The lowest BCUT2D eigenvalue weighted by Gasteiger charge is -2.19. The zero-order chi connectivity index (χ0) is 15.5. The minimum absolute atomic E-state index is 0.242. The predicted molar refractivity (Wildman–Crippen MR) is 86.0 cm³/mol. The number of hydrogen-bond donors (Lipinski definition) is 1. The van der Waals surface area contributed by atoms with Gasteiger partial charge in [0, 0.05) is 19.2 Å². The number of rotatable bonds is 5. The summed E-state index contributed by atoms with van der Waals surface area (Å²) in [4.78, 5) is 0. The molecule has 0 saturated carbocycles. The number of ether oxygens (including phenoxy) is 1. The van der Waals surface area contributed by atoms with Gasteiger partial charge in [0.05, 0.1) is 24.7 Å². The summed E-state index contributed by atoms with van der Waals surface area (Å²) < 4.78 is 9.71. The maximum Gasteiger partial charge on any atom is 0.154 e. The van der Waals surface area contributed by atoms with Crippen molar-refractivity contribution in [2.75, 3.05) is 11.9 Å². The first-order chi connectivity index (χ1) is 11.4. The smallest absolute Gasteiger partial charge is 0.154 e. The van der Waals surface area contributed by atoms with Gasteiger partial charge in [0.1, 0.15) is 18.5 Å². The molecule has 0 radical (unpaired) electrons. The van der Waals surface area contributed by atoms with Gasteiger partial charge in [0.25, 0.3) is 0 Å². The third kappa shape index (κ3) is 3.23. The minimum atomic E-state index is 0.242. The van der Waals surface area contributed by atoms with Crippen molar-refractivity contribution in [3.63, 3.8) is 0 Å². The Labute approximate surface area is 135 Å². The molecule has 0 bridgehead atoms. The average Bonchev–Trinajstić information content (AvgIpc) is 3.22. The molecule has 0 aromatic carbocycles. The molecule has 0 amide bonds. The van der Waals surface area contributed by atoms with Gasteiger partial charge < -0.3 is 14.6 Å². The highest BCUT2D eigenvalue weighted by Gasteiger charge is 2.16. The summed E-state index contributed by atoms with van der Waals surface area (Å²) in [5.41, 5.74) is 1.02. The SMILES string of the molecule is C1=CO[C@@H](CNc2cnn(Cc3nnc4n3CCCC4)c2)CC1. The second kappa shape index (κ2) is 6.44. The Morgan fingerprint density at radius 3 is 3.22 bits per heavy atom. The van der Waals surface area contributed by atoms with Gasteiger partial charge in [-0.3, -0.25) is 4.68 Å². The molecule has 2 aromatic heterocycles. The quantitative estimate of drug-likeness (QED) is 0.913. The highest BCUT2D eigenvalue weighted by molar-refractivity contribution is 5.38. The summed E-state index contributed by atoms with van der Waals surface area (Å²) in [6, 6.07) is 0. The largest absolute Gasteiger partial charge is 0.497 e. The Hall–Kier alpha value is -2.31. The van der Waals surface area contributed by atoms with E-state index in [1.165, 1.54) is 12.8 Å². The molecule has 0 aliphatic carbocycles. The third-order valence-corrected chi connectivity index (χ3v) is 4.43. The van der Waals surface area contributed by atoms with E-state index in [1.807, 2.05) is 17.1 Å².